The van der Waals surface area contributed by atoms with Crippen LogP contribution in [0.4, 0.5) is 0 Å². The molecule has 0 fully saturated rings. The van der Waals surface area contributed by atoms with E-state index in [9.17, 15) is 14.4 Å². The second-order valence-electron chi connectivity index (χ2n) is 5.87. The molecule has 0 aliphatic heterocycles. The Kier molecular flexibility index (Phi) is 6.74. The number of benzene rings is 1. The zero-order chi connectivity index (χ0) is 19.1. The largest absolute Gasteiger partial charge is 0.469 e. The number of hydrogen-bond donors (Lipinski definition) is 3. The van der Waals surface area contributed by atoms with Gasteiger partial charge in [0.1, 0.15) is 6.04 Å². The van der Waals surface area contributed by atoms with Gasteiger partial charge in [-0.2, -0.15) is 0 Å². The molecular weight excluding hydrogens is 338 g/mol. The van der Waals surface area contributed by atoms with E-state index in [1.807, 2.05) is 30.5 Å². The van der Waals surface area contributed by atoms with Crippen molar-refractivity contribution < 1.29 is 23.9 Å². The summed E-state index contributed by atoms with van der Waals surface area (Å²) in [7, 11) is 2.47. The number of nitrogens with one attached hydrogen (secondary N) is 2. The first kappa shape index (κ1) is 19.5. The average Bonchev–Trinajstić information content (AvgIpc) is 3.06. The standard InChI is InChI=1S/C18H23N3O5/c1-25-16(22)8-7-15(18(24)26-2)21-17(23)13(19)9-11-10-20-14-6-4-3-5-12(11)14/h3-6,10,13,15,20H,7-9,19H2,1-2H3,(H,21,23)/t13-,15-/m0/s1. The highest BCUT2D eigenvalue weighted by molar-refractivity contribution is 5.89. The number of para-hydroxylation sites is 1. The van der Waals surface area contributed by atoms with Gasteiger partial charge in [-0.25, -0.2) is 4.79 Å². The number of aromatic amines is 1. The molecule has 0 saturated carbocycles. The van der Waals surface area contributed by atoms with Gasteiger partial charge in [0, 0.05) is 23.5 Å². The van der Waals surface area contributed by atoms with Crippen LogP contribution in [0.1, 0.15) is 18.4 Å². The fourth-order valence-corrected chi connectivity index (χ4v) is 2.66. The number of carbonyl (C=O) groups is 3. The molecule has 0 aliphatic carbocycles. The van der Waals surface area contributed by atoms with Crippen LogP contribution in [0.2, 0.25) is 0 Å². The van der Waals surface area contributed by atoms with E-state index in [-0.39, 0.29) is 12.8 Å². The Morgan fingerprint density at radius 1 is 1.19 bits per heavy atom. The summed E-state index contributed by atoms with van der Waals surface area (Å²) in [6.45, 7) is 0. The number of esters is 2. The van der Waals surface area contributed by atoms with E-state index in [0.717, 1.165) is 16.5 Å². The minimum absolute atomic E-state index is 0.0196. The molecule has 1 aromatic carbocycles. The van der Waals surface area contributed by atoms with Crippen molar-refractivity contribution in [2.75, 3.05) is 14.2 Å². The molecule has 4 N–H and O–H groups in total. The summed E-state index contributed by atoms with van der Waals surface area (Å²) >= 11 is 0. The normalized spacial score (nSPS) is 13.0. The lowest BCUT2D eigenvalue weighted by atomic mass is 10.0. The van der Waals surface area contributed by atoms with Gasteiger partial charge in [0.2, 0.25) is 5.91 Å². The Morgan fingerprint density at radius 3 is 2.62 bits per heavy atom. The van der Waals surface area contributed by atoms with Gasteiger partial charge >= 0.3 is 11.9 Å². The van der Waals surface area contributed by atoms with E-state index in [2.05, 4.69) is 19.8 Å². The molecule has 1 amide bonds. The third-order valence-electron chi connectivity index (χ3n) is 4.12. The van der Waals surface area contributed by atoms with Crippen molar-refractivity contribution >= 4 is 28.7 Å². The molecule has 1 heterocycles. The van der Waals surface area contributed by atoms with Crippen molar-refractivity contribution in [1.29, 1.82) is 0 Å². The number of carbonyl (C=O) groups excluding carboxylic acids is 3. The third kappa shape index (κ3) is 4.82. The van der Waals surface area contributed by atoms with Gasteiger partial charge in [-0.05, 0) is 24.5 Å². The van der Waals surface area contributed by atoms with E-state index in [4.69, 9.17) is 5.73 Å². The summed E-state index contributed by atoms with van der Waals surface area (Å²) < 4.78 is 9.22. The summed E-state index contributed by atoms with van der Waals surface area (Å²) in [5, 5.41) is 3.54. The summed E-state index contributed by atoms with van der Waals surface area (Å²) in [5.41, 5.74) is 7.87. The number of ether oxygens (including phenoxy) is 2. The second-order valence-corrected chi connectivity index (χ2v) is 5.87. The Hall–Kier alpha value is -2.87. The van der Waals surface area contributed by atoms with Gasteiger partial charge < -0.3 is 25.5 Å². The predicted octanol–water partition coefficient (Wildman–Crippen LogP) is 0.649. The quantitative estimate of drug-likeness (QED) is 0.593. The van der Waals surface area contributed by atoms with E-state index in [1.165, 1.54) is 14.2 Å². The molecule has 0 saturated heterocycles. The lowest BCUT2D eigenvalue weighted by molar-refractivity contribution is -0.146. The number of nitrogens with two attached hydrogens (primary N) is 1. The summed E-state index contributed by atoms with van der Waals surface area (Å²) in [6.07, 6.45) is 2.17. The number of fused-ring (bicyclic) bond motifs is 1. The molecule has 140 valence electrons. The number of aromatic nitrogens is 1. The van der Waals surface area contributed by atoms with Crippen LogP contribution >= 0.6 is 0 Å². The van der Waals surface area contributed by atoms with Gasteiger partial charge in [0.25, 0.3) is 0 Å². The SMILES string of the molecule is COC(=O)CC[C@H](NC(=O)[C@@H](N)Cc1c[nH]c2ccccc12)C(=O)OC. The minimum Gasteiger partial charge on any atom is -0.469 e. The first-order chi connectivity index (χ1) is 12.5. The van der Waals surface area contributed by atoms with Gasteiger partial charge in [-0.3, -0.25) is 9.59 Å². The van der Waals surface area contributed by atoms with Crippen molar-refractivity contribution in [2.45, 2.75) is 31.3 Å². The predicted molar refractivity (Wildman–Crippen MR) is 95.2 cm³/mol. The van der Waals surface area contributed by atoms with E-state index < -0.39 is 29.9 Å². The summed E-state index contributed by atoms with van der Waals surface area (Å²) in [5.74, 6) is -1.60. The van der Waals surface area contributed by atoms with Crippen molar-refractivity contribution in [3.63, 3.8) is 0 Å². The van der Waals surface area contributed by atoms with Crippen LogP contribution in [0, 0.1) is 0 Å². The number of rotatable bonds is 8. The molecule has 8 nitrogen and oxygen atoms in total. The highest BCUT2D eigenvalue weighted by Gasteiger charge is 2.25. The Morgan fingerprint density at radius 2 is 1.92 bits per heavy atom. The van der Waals surface area contributed by atoms with Crippen molar-refractivity contribution in [3.8, 4) is 0 Å². The number of H-pyrrole nitrogens is 1. The van der Waals surface area contributed by atoms with Gasteiger partial charge in [-0.1, -0.05) is 18.2 Å². The molecule has 0 bridgehead atoms. The fraction of sp³-hybridized carbons (Fsp3) is 0.389. The zero-order valence-corrected chi connectivity index (χ0v) is 14.8. The molecule has 0 aliphatic rings. The zero-order valence-electron chi connectivity index (χ0n) is 14.8. The van der Waals surface area contributed by atoms with Crippen molar-refractivity contribution in [2.24, 2.45) is 5.73 Å². The smallest absolute Gasteiger partial charge is 0.328 e. The minimum atomic E-state index is -0.958. The molecule has 2 rings (SSSR count). The monoisotopic (exact) mass is 361 g/mol. The van der Waals surface area contributed by atoms with Crippen LogP contribution in [0.3, 0.4) is 0 Å². The summed E-state index contributed by atoms with van der Waals surface area (Å²) in [6, 6.07) is 5.90. The Balaban J connectivity index is 2.00. The molecule has 2 aromatic rings. The topological polar surface area (TPSA) is 124 Å². The van der Waals surface area contributed by atoms with Gasteiger partial charge in [0.15, 0.2) is 0 Å². The Bertz CT molecular complexity index is 786. The highest BCUT2D eigenvalue weighted by atomic mass is 16.5. The van der Waals surface area contributed by atoms with Crippen LogP contribution in [0.25, 0.3) is 10.9 Å². The van der Waals surface area contributed by atoms with E-state index >= 15 is 0 Å². The molecular formula is C18H23N3O5. The van der Waals surface area contributed by atoms with E-state index in [0.29, 0.717) is 6.42 Å². The molecule has 0 radical (unpaired) electrons. The lowest BCUT2D eigenvalue weighted by Gasteiger charge is -2.18. The third-order valence-corrected chi connectivity index (χ3v) is 4.12. The van der Waals surface area contributed by atoms with Crippen LogP contribution in [-0.4, -0.2) is 49.1 Å². The maximum Gasteiger partial charge on any atom is 0.328 e. The Labute approximate surface area is 151 Å². The molecule has 2 atom stereocenters. The average molecular weight is 361 g/mol. The highest BCUT2D eigenvalue weighted by Crippen LogP contribution is 2.18. The van der Waals surface area contributed by atoms with Crippen LogP contribution in [0.15, 0.2) is 30.5 Å². The molecule has 0 spiro atoms. The van der Waals surface area contributed by atoms with Crippen LogP contribution < -0.4 is 11.1 Å². The van der Waals surface area contributed by atoms with Gasteiger partial charge in [0.05, 0.1) is 20.3 Å². The maximum absolute atomic E-state index is 12.4. The fourth-order valence-electron chi connectivity index (χ4n) is 2.66. The molecule has 1 aromatic heterocycles. The second kappa shape index (κ2) is 9.00. The lowest BCUT2D eigenvalue weighted by Crippen LogP contribution is -2.49. The maximum atomic E-state index is 12.4. The summed E-state index contributed by atoms with van der Waals surface area (Å²) in [4.78, 5) is 38.6. The number of methoxy groups -OCH3 is 2. The first-order valence-corrected chi connectivity index (χ1v) is 8.21. The molecule has 8 heteroatoms. The number of amides is 1. The van der Waals surface area contributed by atoms with Crippen molar-refractivity contribution in [1.82, 2.24) is 10.3 Å². The van der Waals surface area contributed by atoms with E-state index in [1.54, 1.807) is 0 Å². The molecule has 26 heavy (non-hydrogen) atoms. The van der Waals surface area contributed by atoms with Crippen LogP contribution in [0.5, 0.6) is 0 Å². The van der Waals surface area contributed by atoms with Gasteiger partial charge in [-0.15, -0.1) is 0 Å². The van der Waals surface area contributed by atoms with Crippen molar-refractivity contribution in [3.05, 3.63) is 36.0 Å². The number of hydrogen-bond acceptors (Lipinski definition) is 6. The van der Waals surface area contributed by atoms with Crippen LogP contribution in [-0.2, 0) is 30.3 Å². The molecule has 0 unspecified atom stereocenters. The first-order valence-electron chi connectivity index (χ1n) is 8.21.